The molecule has 1 rings (SSSR count). The van der Waals surface area contributed by atoms with Crippen molar-refractivity contribution < 1.29 is 0 Å². The molecular formula is C20H36BrP. The van der Waals surface area contributed by atoms with E-state index in [1.807, 2.05) is 0 Å². The van der Waals surface area contributed by atoms with Crippen molar-refractivity contribution in [2.24, 2.45) is 0 Å². The van der Waals surface area contributed by atoms with Gasteiger partial charge in [0.1, 0.15) is 0 Å². The molecule has 0 aliphatic heterocycles. The molecule has 2 heteroatoms. The van der Waals surface area contributed by atoms with E-state index in [0.717, 1.165) is 0 Å². The first-order chi connectivity index (χ1) is 10.4. The zero-order valence-corrected chi connectivity index (χ0v) is 17.5. The van der Waals surface area contributed by atoms with Gasteiger partial charge in [0.15, 0.2) is 0 Å². The van der Waals surface area contributed by atoms with Crippen LogP contribution in [-0.2, 0) is 6.16 Å². The van der Waals surface area contributed by atoms with Crippen LogP contribution < -0.4 is 0 Å². The summed E-state index contributed by atoms with van der Waals surface area (Å²) in [6.45, 7) is 7.27. The van der Waals surface area contributed by atoms with Crippen LogP contribution in [0.3, 0.4) is 0 Å². The van der Waals surface area contributed by atoms with E-state index in [2.05, 4.69) is 66.1 Å². The SMILES string of the molecule is CCCCCCCCCCCP(C)(C)(Br)Cc1ccccc1. The molecule has 0 aromatic heterocycles. The van der Waals surface area contributed by atoms with Gasteiger partial charge in [0.2, 0.25) is 0 Å². The van der Waals surface area contributed by atoms with Crippen molar-refractivity contribution in [2.45, 2.75) is 70.9 Å². The Kier molecular flexibility index (Phi) is 9.25. The van der Waals surface area contributed by atoms with Gasteiger partial charge in [-0.05, 0) is 0 Å². The third-order valence-electron chi connectivity index (χ3n) is 4.46. The van der Waals surface area contributed by atoms with Crippen molar-refractivity contribution >= 4 is 20.8 Å². The average Bonchev–Trinajstić information content (AvgIpc) is 2.45. The summed E-state index contributed by atoms with van der Waals surface area (Å²) in [5, 5.41) is -1.69. The molecule has 0 amide bonds. The Morgan fingerprint density at radius 1 is 0.773 bits per heavy atom. The van der Waals surface area contributed by atoms with Gasteiger partial charge >= 0.3 is 147 Å². The number of hydrogen-bond acceptors (Lipinski definition) is 0. The molecule has 0 aliphatic carbocycles. The van der Waals surface area contributed by atoms with Crippen molar-refractivity contribution in [3.8, 4) is 0 Å². The minimum atomic E-state index is -1.69. The van der Waals surface area contributed by atoms with Crippen LogP contribution in [0, 0.1) is 0 Å². The Hall–Kier alpha value is 0.130. The summed E-state index contributed by atoms with van der Waals surface area (Å²) in [4.78, 5) is 0. The number of rotatable bonds is 12. The molecule has 0 N–H and O–H groups in total. The standard InChI is InChI=1S/C20H36BrP/c1-4-5-6-7-8-9-10-11-15-18-22(2,3,21)19-20-16-13-12-14-17-20/h12-14,16-17H,4-11,15,18-19H2,1-3H3. The monoisotopic (exact) mass is 386 g/mol. The molecule has 0 fully saturated rings. The minimum absolute atomic E-state index is 1.23. The first-order valence-electron chi connectivity index (χ1n) is 9.17. The second-order valence-corrected chi connectivity index (χ2v) is 20.8. The van der Waals surface area contributed by atoms with E-state index < -0.39 is 5.31 Å². The average molecular weight is 387 g/mol. The van der Waals surface area contributed by atoms with Crippen molar-refractivity contribution in [1.29, 1.82) is 0 Å². The predicted molar refractivity (Wildman–Crippen MR) is 110 cm³/mol. The van der Waals surface area contributed by atoms with Gasteiger partial charge in [-0.3, -0.25) is 0 Å². The van der Waals surface area contributed by atoms with E-state index in [1.165, 1.54) is 75.7 Å². The van der Waals surface area contributed by atoms with Crippen LogP contribution in [0.25, 0.3) is 0 Å². The number of benzene rings is 1. The van der Waals surface area contributed by atoms with Crippen LogP contribution in [0.4, 0.5) is 0 Å². The Bertz CT molecular complexity index is 391. The summed E-state index contributed by atoms with van der Waals surface area (Å²) in [5.41, 5.74) is 1.48. The summed E-state index contributed by atoms with van der Waals surface area (Å²) in [7, 11) is 0. The molecule has 0 nitrogen and oxygen atoms in total. The Balaban J connectivity index is 2.16. The van der Waals surface area contributed by atoms with Crippen LogP contribution in [0.1, 0.15) is 70.3 Å². The predicted octanol–water partition coefficient (Wildman–Crippen LogP) is 7.84. The van der Waals surface area contributed by atoms with Crippen molar-refractivity contribution in [3.05, 3.63) is 35.9 Å². The summed E-state index contributed by atoms with van der Waals surface area (Å²) in [5.74, 6) is 0. The molecule has 0 unspecified atom stereocenters. The fourth-order valence-corrected chi connectivity index (χ4v) is 7.45. The van der Waals surface area contributed by atoms with E-state index in [0.29, 0.717) is 0 Å². The normalized spacial score (nSPS) is 13.7. The van der Waals surface area contributed by atoms with Crippen molar-refractivity contribution in [2.75, 3.05) is 19.5 Å². The quantitative estimate of drug-likeness (QED) is 0.253. The second-order valence-electron chi connectivity index (χ2n) is 7.71. The van der Waals surface area contributed by atoms with E-state index in [4.69, 9.17) is 0 Å². The molecule has 1 aromatic carbocycles. The van der Waals surface area contributed by atoms with E-state index >= 15 is 0 Å². The summed E-state index contributed by atoms with van der Waals surface area (Å²) in [6.07, 6.45) is 15.4. The van der Waals surface area contributed by atoms with Crippen LogP contribution >= 0.6 is 20.8 Å². The first kappa shape index (κ1) is 20.2. The maximum absolute atomic E-state index is 4.16. The summed E-state index contributed by atoms with van der Waals surface area (Å²) >= 11 is 4.16. The van der Waals surface area contributed by atoms with Crippen molar-refractivity contribution in [3.63, 3.8) is 0 Å². The maximum atomic E-state index is 4.16. The second kappa shape index (κ2) is 10.1. The van der Waals surface area contributed by atoms with Crippen LogP contribution in [-0.4, -0.2) is 19.5 Å². The molecule has 0 spiro atoms. The molecule has 0 bridgehead atoms. The van der Waals surface area contributed by atoms with Crippen LogP contribution in [0.2, 0.25) is 0 Å². The third kappa shape index (κ3) is 10.0. The Morgan fingerprint density at radius 3 is 1.82 bits per heavy atom. The molecule has 22 heavy (non-hydrogen) atoms. The van der Waals surface area contributed by atoms with Gasteiger partial charge in [-0.2, -0.15) is 0 Å². The molecule has 1 aromatic rings. The topological polar surface area (TPSA) is 0 Å². The van der Waals surface area contributed by atoms with Crippen LogP contribution in [0.15, 0.2) is 30.3 Å². The van der Waals surface area contributed by atoms with Crippen LogP contribution in [0.5, 0.6) is 0 Å². The van der Waals surface area contributed by atoms with Gasteiger partial charge in [-0.25, -0.2) is 0 Å². The first-order valence-corrected chi connectivity index (χ1v) is 14.7. The van der Waals surface area contributed by atoms with Gasteiger partial charge in [0.25, 0.3) is 0 Å². The third-order valence-corrected chi connectivity index (χ3v) is 9.32. The number of unbranched alkanes of at least 4 members (excludes halogenated alkanes) is 8. The van der Waals surface area contributed by atoms with Crippen molar-refractivity contribution in [1.82, 2.24) is 0 Å². The van der Waals surface area contributed by atoms with Gasteiger partial charge in [0, 0.05) is 0 Å². The zero-order valence-electron chi connectivity index (χ0n) is 15.0. The van der Waals surface area contributed by atoms with Gasteiger partial charge in [0.05, 0.1) is 0 Å². The Labute approximate surface area is 147 Å². The molecule has 0 atom stereocenters. The molecular weight excluding hydrogens is 351 g/mol. The van der Waals surface area contributed by atoms with Gasteiger partial charge < -0.3 is 0 Å². The molecule has 0 aliphatic rings. The Morgan fingerprint density at radius 2 is 1.27 bits per heavy atom. The molecule has 128 valence electrons. The molecule has 0 radical (unpaired) electrons. The number of halogens is 1. The van der Waals surface area contributed by atoms with Gasteiger partial charge in [-0.1, -0.05) is 0 Å². The summed E-state index contributed by atoms with van der Waals surface area (Å²) < 4.78 is 0. The van der Waals surface area contributed by atoms with E-state index in [1.54, 1.807) is 0 Å². The van der Waals surface area contributed by atoms with Gasteiger partial charge in [-0.15, -0.1) is 0 Å². The van der Waals surface area contributed by atoms with E-state index in [-0.39, 0.29) is 0 Å². The fourth-order valence-electron chi connectivity index (χ4n) is 3.14. The molecule has 0 saturated carbocycles. The van der Waals surface area contributed by atoms with E-state index in [9.17, 15) is 0 Å². The summed E-state index contributed by atoms with van der Waals surface area (Å²) in [6, 6.07) is 11.0. The molecule has 0 heterocycles. The fraction of sp³-hybridized carbons (Fsp3) is 0.700. The molecule has 0 saturated heterocycles. The zero-order chi connectivity index (χ0) is 16.3. The number of hydrogen-bond donors (Lipinski definition) is 0.